The molecule has 21 heavy (non-hydrogen) atoms. The van der Waals surface area contributed by atoms with Gasteiger partial charge in [-0.2, -0.15) is 4.98 Å². The number of anilines is 1. The van der Waals surface area contributed by atoms with E-state index in [2.05, 4.69) is 20.8 Å². The number of rotatable bonds is 6. The summed E-state index contributed by atoms with van der Waals surface area (Å²) < 4.78 is 4.96. The van der Waals surface area contributed by atoms with Gasteiger partial charge in [0.2, 0.25) is 17.6 Å². The molecule has 1 fully saturated rings. The molecule has 0 spiro atoms. The highest BCUT2D eigenvalue weighted by Gasteiger charge is 2.20. The minimum Gasteiger partial charge on any atom is -0.339 e. The van der Waals surface area contributed by atoms with Crippen LogP contribution >= 0.6 is 0 Å². The van der Waals surface area contributed by atoms with Gasteiger partial charge in [-0.1, -0.05) is 17.3 Å². The first-order valence-corrected chi connectivity index (χ1v) is 7.12. The van der Waals surface area contributed by atoms with Crippen molar-refractivity contribution in [2.24, 2.45) is 5.92 Å². The fourth-order valence-corrected chi connectivity index (χ4v) is 2.07. The highest BCUT2D eigenvalue weighted by molar-refractivity contribution is 5.92. The molecule has 0 radical (unpaired) electrons. The second-order valence-corrected chi connectivity index (χ2v) is 5.34. The van der Waals surface area contributed by atoms with E-state index in [0.717, 1.165) is 23.7 Å². The molecule has 1 heterocycles. The zero-order valence-electron chi connectivity index (χ0n) is 11.9. The number of hydrogen-bond acceptors (Lipinski definition) is 5. The van der Waals surface area contributed by atoms with Gasteiger partial charge in [0.05, 0.1) is 6.54 Å². The number of aryl methyl sites for hydroxylation is 1. The van der Waals surface area contributed by atoms with Crippen LogP contribution in [-0.4, -0.2) is 29.1 Å². The highest BCUT2D eigenvalue weighted by Crippen LogP contribution is 2.27. The summed E-state index contributed by atoms with van der Waals surface area (Å²) in [7, 11) is 0. The van der Waals surface area contributed by atoms with Crippen LogP contribution in [0.1, 0.15) is 18.7 Å². The minimum absolute atomic E-state index is 0.0444. The third-order valence-electron chi connectivity index (χ3n) is 3.35. The summed E-state index contributed by atoms with van der Waals surface area (Å²) in [6.07, 6.45) is 2.56. The Morgan fingerprint density at radius 3 is 3.00 bits per heavy atom. The Morgan fingerprint density at radius 1 is 1.43 bits per heavy atom. The lowest BCUT2D eigenvalue weighted by atomic mass is 10.2. The van der Waals surface area contributed by atoms with E-state index >= 15 is 0 Å². The van der Waals surface area contributed by atoms with Crippen LogP contribution in [0.2, 0.25) is 0 Å². The summed E-state index contributed by atoms with van der Waals surface area (Å²) in [5, 5.41) is 9.90. The van der Waals surface area contributed by atoms with Gasteiger partial charge in [-0.25, -0.2) is 0 Å². The monoisotopic (exact) mass is 286 g/mol. The van der Waals surface area contributed by atoms with Crippen molar-refractivity contribution < 1.29 is 9.32 Å². The maximum atomic E-state index is 11.8. The number of benzene rings is 1. The number of nitrogens with zero attached hydrogens (tertiary/aromatic N) is 2. The average Bonchev–Trinajstić information content (AvgIpc) is 3.18. The van der Waals surface area contributed by atoms with Gasteiger partial charge >= 0.3 is 0 Å². The molecule has 1 aromatic heterocycles. The average molecular weight is 286 g/mol. The summed E-state index contributed by atoms with van der Waals surface area (Å²) >= 11 is 0. The summed E-state index contributed by atoms with van der Waals surface area (Å²) in [4.78, 5) is 16.0. The number of hydrogen-bond donors (Lipinski definition) is 2. The van der Waals surface area contributed by atoms with Crippen LogP contribution in [0.5, 0.6) is 0 Å². The largest absolute Gasteiger partial charge is 0.339 e. The molecular formula is C15H18N4O2. The SMILES string of the molecule is Cc1nc(-c2cccc(NC(=O)CNCC3CC3)c2)no1. The van der Waals surface area contributed by atoms with Crippen molar-refractivity contribution in [1.29, 1.82) is 0 Å². The highest BCUT2D eigenvalue weighted by atomic mass is 16.5. The minimum atomic E-state index is -0.0444. The van der Waals surface area contributed by atoms with Gasteiger partial charge in [-0.15, -0.1) is 0 Å². The topological polar surface area (TPSA) is 80.0 Å². The third-order valence-corrected chi connectivity index (χ3v) is 3.35. The molecule has 1 aliphatic rings. The molecule has 1 aliphatic carbocycles. The predicted molar refractivity (Wildman–Crippen MR) is 78.7 cm³/mol. The molecule has 0 atom stereocenters. The van der Waals surface area contributed by atoms with E-state index in [1.807, 2.05) is 24.3 Å². The van der Waals surface area contributed by atoms with Crippen LogP contribution in [0.25, 0.3) is 11.4 Å². The molecule has 0 bridgehead atoms. The van der Waals surface area contributed by atoms with Crippen LogP contribution in [0, 0.1) is 12.8 Å². The van der Waals surface area contributed by atoms with Crippen molar-refractivity contribution in [3.63, 3.8) is 0 Å². The number of nitrogens with one attached hydrogen (secondary N) is 2. The summed E-state index contributed by atoms with van der Waals surface area (Å²) in [6, 6.07) is 7.41. The first-order valence-electron chi connectivity index (χ1n) is 7.12. The fourth-order valence-electron chi connectivity index (χ4n) is 2.07. The molecule has 6 nitrogen and oxygen atoms in total. The van der Waals surface area contributed by atoms with E-state index in [4.69, 9.17) is 4.52 Å². The molecule has 1 aromatic carbocycles. The van der Waals surface area contributed by atoms with E-state index in [9.17, 15) is 4.79 Å². The van der Waals surface area contributed by atoms with Crippen molar-refractivity contribution >= 4 is 11.6 Å². The lowest BCUT2D eigenvalue weighted by molar-refractivity contribution is -0.115. The maximum absolute atomic E-state index is 11.8. The Labute approximate surface area is 122 Å². The predicted octanol–water partition coefficient (Wildman–Crippen LogP) is 1.98. The Kier molecular flexibility index (Phi) is 3.96. The molecule has 110 valence electrons. The Hall–Kier alpha value is -2.21. The van der Waals surface area contributed by atoms with Crippen molar-refractivity contribution in [3.05, 3.63) is 30.2 Å². The molecule has 6 heteroatoms. The lowest BCUT2D eigenvalue weighted by Gasteiger charge is -2.07. The standard InChI is InChI=1S/C15H18N4O2/c1-10-17-15(19-21-10)12-3-2-4-13(7-12)18-14(20)9-16-8-11-5-6-11/h2-4,7,11,16H,5-6,8-9H2,1H3,(H,18,20). The van der Waals surface area contributed by atoms with Crippen LogP contribution in [0.4, 0.5) is 5.69 Å². The van der Waals surface area contributed by atoms with E-state index in [0.29, 0.717) is 18.3 Å². The van der Waals surface area contributed by atoms with E-state index in [1.54, 1.807) is 6.92 Å². The van der Waals surface area contributed by atoms with Gasteiger partial charge in [0, 0.05) is 18.2 Å². The molecular weight excluding hydrogens is 268 g/mol. The summed E-state index contributed by atoms with van der Waals surface area (Å²) in [6.45, 7) is 3.01. The lowest BCUT2D eigenvalue weighted by Crippen LogP contribution is -2.29. The Bertz CT molecular complexity index is 634. The van der Waals surface area contributed by atoms with Gasteiger partial charge in [-0.05, 0) is 37.4 Å². The van der Waals surface area contributed by atoms with Gasteiger partial charge < -0.3 is 15.2 Å². The molecule has 0 saturated heterocycles. The summed E-state index contributed by atoms with van der Waals surface area (Å²) in [5.74, 6) is 1.76. The van der Waals surface area contributed by atoms with Crippen molar-refractivity contribution in [2.45, 2.75) is 19.8 Å². The first-order chi connectivity index (χ1) is 10.2. The molecule has 0 unspecified atom stereocenters. The van der Waals surface area contributed by atoms with Crippen LogP contribution in [0.15, 0.2) is 28.8 Å². The molecule has 2 aromatic rings. The second-order valence-electron chi connectivity index (χ2n) is 5.34. The third kappa shape index (κ3) is 3.88. The number of carbonyl (C=O) groups is 1. The van der Waals surface area contributed by atoms with Gasteiger partial charge in [-0.3, -0.25) is 4.79 Å². The van der Waals surface area contributed by atoms with Crippen molar-refractivity contribution in [3.8, 4) is 11.4 Å². The molecule has 3 rings (SSSR count). The fraction of sp³-hybridized carbons (Fsp3) is 0.400. The number of aromatic nitrogens is 2. The smallest absolute Gasteiger partial charge is 0.238 e. The second kappa shape index (κ2) is 6.05. The number of carbonyl (C=O) groups excluding carboxylic acids is 1. The van der Waals surface area contributed by atoms with Gasteiger partial charge in [0.1, 0.15) is 0 Å². The Balaban J connectivity index is 1.58. The van der Waals surface area contributed by atoms with Crippen LogP contribution in [-0.2, 0) is 4.79 Å². The van der Waals surface area contributed by atoms with E-state index in [-0.39, 0.29) is 5.91 Å². The molecule has 2 N–H and O–H groups in total. The zero-order chi connectivity index (χ0) is 14.7. The van der Waals surface area contributed by atoms with Crippen LogP contribution < -0.4 is 10.6 Å². The van der Waals surface area contributed by atoms with E-state index < -0.39 is 0 Å². The molecule has 1 amide bonds. The maximum Gasteiger partial charge on any atom is 0.238 e. The van der Waals surface area contributed by atoms with E-state index in [1.165, 1.54) is 12.8 Å². The first kappa shape index (κ1) is 13.8. The van der Waals surface area contributed by atoms with Crippen molar-refractivity contribution in [2.75, 3.05) is 18.4 Å². The number of amides is 1. The quantitative estimate of drug-likeness (QED) is 0.848. The normalized spacial score (nSPS) is 14.1. The Morgan fingerprint density at radius 2 is 2.29 bits per heavy atom. The van der Waals surface area contributed by atoms with Crippen molar-refractivity contribution in [1.82, 2.24) is 15.5 Å². The van der Waals surface area contributed by atoms with Crippen LogP contribution in [0.3, 0.4) is 0 Å². The zero-order valence-corrected chi connectivity index (χ0v) is 11.9. The summed E-state index contributed by atoms with van der Waals surface area (Å²) in [5.41, 5.74) is 1.55. The molecule has 1 saturated carbocycles. The van der Waals surface area contributed by atoms with Gasteiger partial charge in [0.15, 0.2) is 0 Å². The van der Waals surface area contributed by atoms with Gasteiger partial charge in [0.25, 0.3) is 0 Å². The molecule has 0 aliphatic heterocycles.